The minimum Gasteiger partial charge on any atom is -0.122 e. The van der Waals surface area contributed by atoms with Crippen molar-refractivity contribution in [1.82, 2.24) is 0 Å². The van der Waals surface area contributed by atoms with E-state index in [1.807, 2.05) is 0 Å². The van der Waals surface area contributed by atoms with Crippen LogP contribution in [0.2, 0.25) is 0 Å². The van der Waals surface area contributed by atoms with Crippen molar-refractivity contribution in [2.75, 3.05) is 5.88 Å². The first-order valence-electron chi connectivity index (χ1n) is 5.41. The van der Waals surface area contributed by atoms with E-state index in [4.69, 9.17) is 11.6 Å². The molecule has 0 nitrogen and oxygen atoms in total. The first-order valence-corrected chi connectivity index (χ1v) is 5.94. The van der Waals surface area contributed by atoms with Gasteiger partial charge in [0.1, 0.15) is 0 Å². The molecular formula is C12H21Cl. The second kappa shape index (κ2) is 5.05. The number of hydrogen-bond acceptors (Lipinski definition) is 0. The maximum atomic E-state index is 5.81. The second-order valence-electron chi connectivity index (χ2n) is 4.69. The van der Waals surface area contributed by atoms with Crippen LogP contribution in [-0.2, 0) is 0 Å². The predicted octanol–water partition coefficient (Wildman–Crippen LogP) is 4.53. The lowest BCUT2D eigenvalue weighted by molar-refractivity contribution is 0.366. The lowest BCUT2D eigenvalue weighted by atomic mass is 9.81. The van der Waals surface area contributed by atoms with Gasteiger partial charge < -0.3 is 0 Å². The summed E-state index contributed by atoms with van der Waals surface area (Å²) in [5.41, 5.74) is 1.78. The molecule has 1 saturated carbocycles. The molecule has 0 spiro atoms. The average molecular weight is 201 g/mol. The smallest absolute Gasteiger partial charge is 0.0431 e. The summed E-state index contributed by atoms with van der Waals surface area (Å²) < 4.78 is 0. The highest BCUT2D eigenvalue weighted by molar-refractivity contribution is 6.19. The molecule has 0 heterocycles. The summed E-state index contributed by atoms with van der Waals surface area (Å²) in [6, 6.07) is 0. The molecule has 0 amide bonds. The number of allylic oxidation sites excluding steroid dienone is 2. The van der Waals surface area contributed by atoms with E-state index in [1.165, 1.54) is 44.1 Å². The lowest BCUT2D eigenvalue weighted by Gasteiger charge is -2.24. The molecule has 0 aromatic carbocycles. The van der Waals surface area contributed by atoms with Gasteiger partial charge in [-0.05, 0) is 25.2 Å². The normalized spacial score (nSPS) is 24.1. The molecule has 1 heteroatoms. The SMILES string of the molecule is C/C(=C\C1(C)CCCCCC1)CCl. The van der Waals surface area contributed by atoms with E-state index in [0.717, 1.165) is 0 Å². The van der Waals surface area contributed by atoms with E-state index in [9.17, 15) is 0 Å². The van der Waals surface area contributed by atoms with Gasteiger partial charge in [0.25, 0.3) is 0 Å². The highest BCUT2D eigenvalue weighted by atomic mass is 35.5. The molecule has 0 N–H and O–H groups in total. The Morgan fingerprint density at radius 2 is 1.77 bits per heavy atom. The maximum Gasteiger partial charge on any atom is 0.0431 e. The van der Waals surface area contributed by atoms with Gasteiger partial charge in [-0.2, -0.15) is 0 Å². The number of rotatable bonds is 2. The molecule has 0 bridgehead atoms. The summed E-state index contributed by atoms with van der Waals surface area (Å²) in [6.07, 6.45) is 10.7. The molecule has 0 atom stereocenters. The van der Waals surface area contributed by atoms with Crippen LogP contribution in [0.25, 0.3) is 0 Å². The Morgan fingerprint density at radius 1 is 1.23 bits per heavy atom. The summed E-state index contributed by atoms with van der Waals surface area (Å²) in [5, 5.41) is 0. The monoisotopic (exact) mass is 200 g/mol. The van der Waals surface area contributed by atoms with Crippen LogP contribution in [0.1, 0.15) is 52.4 Å². The van der Waals surface area contributed by atoms with E-state index >= 15 is 0 Å². The molecule has 0 aromatic heterocycles. The summed E-state index contributed by atoms with van der Waals surface area (Å²) >= 11 is 5.81. The molecule has 0 unspecified atom stereocenters. The molecule has 1 fully saturated rings. The van der Waals surface area contributed by atoms with E-state index in [0.29, 0.717) is 11.3 Å². The Morgan fingerprint density at radius 3 is 2.23 bits per heavy atom. The molecular weight excluding hydrogens is 180 g/mol. The fraction of sp³-hybridized carbons (Fsp3) is 0.833. The van der Waals surface area contributed by atoms with Crippen molar-refractivity contribution in [3.63, 3.8) is 0 Å². The minimum atomic E-state index is 0.440. The van der Waals surface area contributed by atoms with Crippen molar-refractivity contribution in [3.05, 3.63) is 11.6 Å². The zero-order chi connectivity index (χ0) is 9.73. The van der Waals surface area contributed by atoms with Crippen LogP contribution < -0.4 is 0 Å². The van der Waals surface area contributed by atoms with Crippen molar-refractivity contribution >= 4 is 11.6 Å². The Balaban J connectivity index is 2.61. The third-order valence-corrected chi connectivity index (χ3v) is 3.47. The second-order valence-corrected chi connectivity index (χ2v) is 4.96. The van der Waals surface area contributed by atoms with E-state index < -0.39 is 0 Å². The van der Waals surface area contributed by atoms with Crippen LogP contribution >= 0.6 is 11.6 Å². The minimum absolute atomic E-state index is 0.440. The highest BCUT2D eigenvalue weighted by Gasteiger charge is 2.22. The number of alkyl halides is 1. The van der Waals surface area contributed by atoms with Gasteiger partial charge in [-0.25, -0.2) is 0 Å². The van der Waals surface area contributed by atoms with Crippen molar-refractivity contribution in [2.45, 2.75) is 52.4 Å². The van der Waals surface area contributed by atoms with Gasteiger partial charge in [0.15, 0.2) is 0 Å². The Kier molecular flexibility index (Phi) is 4.31. The zero-order valence-corrected chi connectivity index (χ0v) is 9.66. The predicted molar refractivity (Wildman–Crippen MR) is 60.3 cm³/mol. The van der Waals surface area contributed by atoms with E-state index in [-0.39, 0.29) is 0 Å². The van der Waals surface area contributed by atoms with Crippen LogP contribution in [0.15, 0.2) is 11.6 Å². The van der Waals surface area contributed by atoms with Crippen molar-refractivity contribution < 1.29 is 0 Å². The largest absolute Gasteiger partial charge is 0.122 e. The first-order chi connectivity index (χ1) is 6.16. The Bertz CT molecular complexity index is 174. The molecule has 0 radical (unpaired) electrons. The van der Waals surface area contributed by atoms with Gasteiger partial charge in [-0.15, -0.1) is 11.6 Å². The number of hydrogen-bond donors (Lipinski definition) is 0. The summed E-state index contributed by atoms with van der Waals surface area (Å²) in [4.78, 5) is 0. The summed E-state index contributed by atoms with van der Waals surface area (Å²) in [6.45, 7) is 4.53. The standard InChI is InChI=1S/C12H21Cl/c1-11(10-13)9-12(2)7-5-3-4-6-8-12/h9H,3-8,10H2,1-2H3/b11-9+. The third-order valence-electron chi connectivity index (χ3n) is 3.05. The summed E-state index contributed by atoms with van der Waals surface area (Å²) in [7, 11) is 0. The van der Waals surface area contributed by atoms with Crippen LogP contribution in [0.3, 0.4) is 0 Å². The highest BCUT2D eigenvalue weighted by Crippen LogP contribution is 2.36. The topological polar surface area (TPSA) is 0 Å². The van der Waals surface area contributed by atoms with E-state index in [2.05, 4.69) is 19.9 Å². The van der Waals surface area contributed by atoms with Gasteiger partial charge in [0.05, 0.1) is 0 Å². The van der Waals surface area contributed by atoms with Crippen LogP contribution in [0.5, 0.6) is 0 Å². The van der Waals surface area contributed by atoms with Gasteiger partial charge in [-0.3, -0.25) is 0 Å². The fourth-order valence-electron chi connectivity index (χ4n) is 2.31. The molecule has 13 heavy (non-hydrogen) atoms. The Hall–Kier alpha value is 0.0300. The molecule has 0 saturated heterocycles. The van der Waals surface area contributed by atoms with Gasteiger partial charge in [0.2, 0.25) is 0 Å². The first kappa shape index (κ1) is 11.1. The molecule has 76 valence electrons. The van der Waals surface area contributed by atoms with Crippen molar-refractivity contribution in [3.8, 4) is 0 Å². The third kappa shape index (κ3) is 3.72. The molecule has 0 aromatic rings. The Labute approximate surface area is 87.4 Å². The molecule has 1 rings (SSSR count). The molecule has 1 aliphatic carbocycles. The average Bonchev–Trinajstić information content (AvgIpc) is 2.30. The summed E-state index contributed by atoms with van der Waals surface area (Å²) in [5.74, 6) is 0.690. The lowest BCUT2D eigenvalue weighted by Crippen LogP contribution is -2.12. The van der Waals surface area contributed by atoms with E-state index in [1.54, 1.807) is 0 Å². The van der Waals surface area contributed by atoms with Crippen molar-refractivity contribution in [1.29, 1.82) is 0 Å². The fourth-order valence-corrected chi connectivity index (χ4v) is 2.39. The van der Waals surface area contributed by atoms with Crippen LogP contribution in [0, 0.1) is 5.41 Å². The zero-order valence-electron chi connectivity index (χ0n) is 8.91. The molecule has 1 aliphatic rings. The quantitative estimate of drug-likeness (QED) is 0.349. The van der Waals surface area contributed by atoms with Gasteiger partial charge in [0, 0.05) is 5.88 Å². The van der Waals surface area contributed by atoms with Gasteiger partial charge >= 0.3 is 0 Å². The van der Waals surface area contributed by atoms with Crippen molar-refractivity contribution in [2.24, 2.45) is 5.41 Å². The maximum absolute atomic E-state index is 5.81. The number of halogens is 1. The van der Waals surface area contributed by atoms with Crippen LogP contribution in [-0.4, -0.2) is 5.88 Å². The van der Waals surface area contributed by atoms with Gasteiger partial charge in [-0.1, -0.05) is 44.3 Å². The molecule has 0 aliphatic heterocycles. The van der Waals surface area contributed by atoms with Crippen LogP contribution in [0.4, 0.5) is 0 Å².